The Hall–Kier alpha value is -0.820. The van der Waals surface area contributed by atoms with Crippen molar-refractivity contribution in [1.82, 2.24) is 10.0 Å². The highest BCUT2D eigenvalue weighted by Gasteiger charge is 2.39. The van der Waals surface area contributed by atoms with Crippen molar-refractivity contribution in [2.24, 2.45) is 0 Å². The van der Waals surface area contributed by atoms with Gasteiger partial charge in [0.15, 0.2) is 0 Å². The molecule has 0 aromatic carbocycles. The zero-order valence-corrected chi connectivity index (χ0v) is 11.4. The molecule has 7 heteroatoms. The number of ether oxygens (including phenoxy) is 1. The fourth-order valence-corrected chi connectivity index (χ4v) is 2.88. The minimum absolute atomic E-state index is 0.113. The van der Waals surface area contributed by atoms with Crippen molar-refractivity contribution in [1.29, 1.82) is 0 Å². The minimum Gasteiger partial charge on any atom is -0.444 e. The summed E-state index contributed by atoms with van der Waals surface area (Å²) in [4.78, 5) is 11.4. The van der Waals surface area contributed by atoms with Crippen LogP contribution in [0.15, 0.2) is 0 Å². The molecular formula is C10H20N2O4S. The molecule has 0 aromatic rings. The molecule has 0 spiro atoms. The van der Waals surface area contributed by atoms with Crippen molar-refractivity contribution >= 4 is 16.1 Å². The predicted octanol–water partition coefficient (Wildman–Crippen LogP) is 0.591. The van der Waals surface area contributed by atoms with Crippen LogP contribution < -0.4 is 10.0 Å². The molecule has 1 rings (SSSR count). The molecule has 0 radical (unpaired) electrons. The molecule has 0 aromatic heterocycles. The summed E-state index contributed by atoms with van der Waals surface area (Å²) in [5.74, 6) is 0. The molecule has 1 aliphatic rings. The number of carbonyl (C=O) groups is 1. The molecule has 2 N–H and O–H groups in total. The van der Waals surface area contributed by atoms with E-state index < -0.39 is 27.0 Å². The number of alkyl carbamates (subject to hydrolysis) is 1. The summed E-state index contributed by atoms with van der Waals surface area (Å²) in [6.45, 7) is 5.34. The highest BCUT2D eigenvalue weighted by molar-refractivity contribution is 7.90. The molecule has 100 valence electrons. The lowest BCUT2D eigenvalue weighted by atomic mass is 9.92. The monoisotopic (exact) mass is 264 g/mol. The number of amides is 1. The van der Waals surface area contributed by atoms with Gasteiger partial charge in [0.25, 0.3) is 0 Å². The van der Waals surface area contributed by atoms with Crippen molar-refractivity contribution < 1.29 is 17.9 Å². The quantitative estimate of drug-likeness (QED) is 0.781. The van der Waals surface area contributed by atoms with Crippen molar-refractivity contribution in [3.63, 3.8) is 0 Å². The Balaban J connectivity index is 2.33. The molecule has 0 saturated heterocycles. The van der Waals surface area contributed by atoms with E-state index in [1.165, 1.54) is 7.05 Å². The molecule has 1 saturated carbocycles. The maximum Gasteiger partial charge on any atom is 0.407 e. The van der Waals surface area contributed by atoms with Crippen LogP contribution in [0.2, 0.25) is 0 Å². The summed E-state index contributed by atoms with van der Waals surface area (Å²) >= 11 is 0. The van der Waals surface area contributed by atoms with E-state index in [9.17, 15) is 13.2 Å². The summed E-state index contributed by atoms with van der Waals surface area (Å²) in [6, 6.07) is -0.113. The average Bonchev–Trinajstić information content (AvgIpc) is 2.07. The average molecular weight is 264 g/mol. The largest absolute Gasteiger partial charge is 0.444 e. The summed E-state index contributed by atoms with van der Waals surface area (Å²) < 4.78 is 30.1. The van der Waals surface area contributed by atoms with Gasteiger partial charge >= 0.3 is 6.09 Å². The molecule has 0 bridgehead atoms. The third-order valence-corrected chi connectivity index (χ3v) is 4.37. The fraction of sp³-hybridized carbons (Fsp3) is 0.900. The van der Waals surface area contributed by atoms with Gasteiger partial charge in [0.05, 0.1) is 5.25 Å². The van der Waals surface area contributed by atoms with Gasteiger partial charge in [-0.3, -0.25) is 0 Å². The van der Waals surface area contributed by atoms with Gasteiger partial charge in [-0.15, -0.1) is 0 Å². The van der Waals surface area contributed by atoms with Crippen LogP contribution >= 0.6 is 0 Å². The molecule has 1 amide bonds. The van der Waals surface area contributed by atoms with Gasteiger partial charge in [-0.1, -0.05) is 0 Å². The third-order valence-electron chi connectivity index (χ3n) is 2.54. The zero-order chi connectivity index (χ0) is 13.3. The smallest absolute Gasteiger partial charge is 0.407 e. The standard InChI is InChI=1S/C10H20N2O4S/c1-10(2,3)16-9(13)12-7-5-8(6-7)17(14,15)11-4/h7-8,11H,5-6H2,1-4H3,(H,12,13). The summed E-state index contributed by atoms with van der Waals surface area (Å²) in [7, 11) is -1.81. The number of hydrogen-bond donors (Lipinski definition) is 2. The Morgan fingerprint density at radius 2 is 1.82 bits per heavy atom. The normalized spacial score (nSPS) is 24.9. The lowest BCUT2D eigenvalue weighted by Crippen LogP contribution is -2.52. The maximum atomic E-state index is 11.4. The summed E-state index contributed by atoms with van der Waals surface area (Å²) in [6.07, 6.45) is 0.369. The van der Waals surface area contributed by atoms with Crippen LogP contribution in [0, 0.1) is 0 Å². The van der Waals surface area contributed by atoms with Gasteiger partial charge in [0.1, 0.15) is 5.60 Å². The first-order valence-electron chi connectivity index (χ1n) is 5.56. The molecule has 6 nitrogen and oxygen atoms in total. The molecule has 0 unspecified atom stereocenters. The Morgan fingerprint density at radius 3 is 2.24 bits per heavy atom. The van der Waals surface area contributed by atoms with Crippen LogP contribution in [0.5, 0.6) is 0 Å². The van der Waals surface area contributed by atoms with Crippen LogP contribution in [0.1, 0.15) is 33.6 Å². The molecular weight excluding hydrogens is 244 g/mol. The van der Waals surface area contributed by atoms with Crippen LogP contribution in [0.3, 0.4) is 0 Å². The van der Waals surface area contributed by atoms with Crippen LogP contribution in [0.25, 0.3) is 0 Å². The number of hydrogen-bond acceptors (Lipinski definition) is 4. The lowest BCUT2D eigenvalue weighted by molar-refractivity contribution is 0.0480. The van der Waals surface area contributed by atoms with Gasteiger partial charge in [0, 0.05) is 6.04 Å². The highest BCUT2D eigenvalue weighted by Crippen LogP contribution is 2.26. The zero-order valence-electron chi connectivity index (χ0n) is 10.6. The topological polar surface area (TPSA) is 84.5 Å². The van der Waals surface area contributed by atoms with Crippen LogP contribution in [-0.2, 0) is 14.8 Å². The van der Waals surface area contributed by atoms with E-state index in [1.807, 2.05) is 0 Å². The van der Waals surface area contributed by atoms with Crippen LogP contribution in [-0.4, -0.2) is 38.5 Å². The Bertz CT molecular complexity index is 380. The van der Waals surface area contributed by atoms with E-state index in [0.717, 1.165) is 0 Å². The number of nitrogens with one attached hydrogen (secondary N) is 2. The summed E-state index contributed by atoms with van der Waals surface area (Å²) in [5, 5.41) is 2.24. The predicted molar refractivity (Wildman–Crippen MR) is 64.2 cm³/mol. The molecule has 0 aliphatic heterocycles. The molecule has 17 heavy (non-hydrogen) atoms. The van der Waals surface area contributed by atoms with E-state index in [4.69, 9.17) is 4.74 Å². The molecule has 1 aliphatic carbocycles. The molecule has 1 fully saturated rings. The SMILES string of the molecule is CNS(=O)(=O)C1CC(NC(=O)OC(C)(C)C)C1. The van der Waals surface area contributed by atoms with Crippen molar-refractivity contribution in [2.75, 3.05) is 7.05 Å². The van der Waals surface area contributed by atoms with Gasteiger partial charge in [-0.25, -0.2) is 17.9 Å². The lowest BCUT2D eigenvalue weighted by Gasteiger charge is -2.35. The highest BCUT2D eigenvalue weighted by atomic mass is 32.2. The second kappa shape index (κ2) is 4.81. The second-order valence-corrected chi connectivity index (χ2v) is 7.35. The van der Waals surface area contributed by atoms with E-state index in [0.29, 0.717) is 12.8 Å². The molecule has 0 heterocycles. The minimum atomic E-state index is -3.21. The first kappa shape index (κ1) is 14.2. The fourth-order valence-electron chi connectivity index (χ4n) is 1.58. The van der Waals surface area contributed by atoms with Crippen LogP contribution in [0.4, 0.5) is 4.79 Å². The Morgan fingerprint density at radius 1 is 1.29 bits per heavy atom. The first-order chi connectivity index (χ1) is 7.64. The van der Waals surface area contributed by atoms with E-state index >= 15 is 0 Å². The third kappa shape index (κ3) is 4.16. The molecule has 0 atom stereocenters. The number of sulfonamides is 1. The number of carbonyl (C=O) groups excluding carboxylic acids is 1. The summed E-state index contributed by atoms with van der Waals surface area (Å²) in [5.41, 5.74) is -0.537. The van der Waals surface area contributed by atoms with Gasteiger partial charge < -0.3 is 10.1 Å². The first-order valence-corrected chi connectivity index (χ1v) is 7.10. The van der Waals surface area contributed by atoms with Gasteiger partial charge in [-0.2, -0.15) is 0 Å². The Labute approximate surface area is 102 Å². The van der Waals surface area contributed by atoms with Crippen molar-refractivity contribution in [2.45, 2.75) is 50.5 Å². The second-order valence-electron chi connectivity index (χ2n) is 5.19. The maximum absolute atomic E-state index is 11.4. The van der Waals surface area contributed by atoms with E-state index in [1.54, 1.807) is 20.8 Å². The van der Waals surface area contributed by atoms with E-state index in [2.05, 4.69) is 10.0 Å². The van der Waals surface area contributed by atoms with Gasteiger partial charge in [0.2, 0.25) is 10.0 Å². The van der Waals surface area contributed by atoms with Crippen molar-refractivity contribution in [3.8, 4) is 0 Å². The van der Waals surface area contributed by atoms with E-state index in [-0.39, 0.29) is 6.04 Å². The van der Waals surface area contributed by atoms with Gasteiger partial charge in [-0.05, 0) is 40.7 Å². The number of rotatable bonds is 3. The van der Waals surface area contributed by atoms with Crippen molar-refractivity contribution in [3.05, 3.63) is 0 Å². The Kier molecular flexibility index (Phi) is 4.03.